The van der Waals surface area contributed by atoms with Crippen molar-refractivity contribution in [3.63, 3.8) is 0 Å². The summed E-state index contributed by atoms with van der Waals surface area (Å²) in [5.74, 6) is 1.28. The molecule has 0 N–H and O–H groups in total. The van der Waals surface area contributed by atoms with Crippen LogP contribution >= 0.6 is 11.8 Å². The number of aromatic nitrogens is 4. The molecule has 1 aromatic rings. The zero-order chi connectivity index (χ0) is 15.4. The van der Waals surface area contributed by atoms with Crippen LogP contribution < -0.4 is 0 Å². The smallest absolute Gasteiger partial charge is 0.233 e. The molecule has 0 radical (unpaired) electrons. The lowest BCUT2D eigenvalue weighted by molar-refractivity contribution is -0.130. The highest BCUT2D eigenvalue weighted by atomic mass is 32.2. The van der Waals surface area contributed by atoms with Gasteiger partial charge in [0.15, 0.2) is 0 Å². The second-order valence-corrected chi connectivity index (χ2v) is 7.52. The largest absolute Gasteiger partial charge is 0.342 e. The second kappa shape index (κ2) is 7.44. The minimum Gasteiger partial charge on any atom is -0.342 e. The molecule has 1 saturated carbocycles. The molecule has 1 aromatic heterocycles. The van der Waals surface area contributed by atoms with Crippen LogP contribution in [0.5, 0.6) is 0 Å². The standard InChI is InChI=1S/C15H25N5OS/c1-12-6-5-9-19(10-12)14(21)11-22-15-16-17-18-20(15)13-7-3-2-4-8-13/h12-13H,2-11H2,1H3. The molecular weight excluding hydrogens is 298 g/mol. The molecule has 1 amide bonds. The number of carbonyl (C=O) groups excluding carboxylic acids is 1. The highest BCUT2D eigenvalue weighted by molar-refractivity contribution is 7.99. The Morgan fingerprint density at radius 2 is 2.05 bits per heavy atom. The maximum Gasteiger partial charge on any atom is 0.233 e. The fraction of sp³-hybridized carbons (Fsp3) is 0.867. The monoisotopic (exact) mass is 323 g/mol. The molecule has 6 nitrogen and oxygen atoms in total. The summed E-state index contributed by atoms with van der Waals surface area (Å²) in [5.41, 5.74) is 0. The molecule has 1 aliphatic carbocycles. The Morgan fingerprint density at radius 1 is 1.23 bits per heavy atom. The van der Waals surface area contributed by atoms with Crippen molar-refractivity contribution in [2.75, 3.05) is 18.8 Å². The van der Waals surface area contributed by atoms with Gasteiger partial charge in [0.1, 0.15) is 0 Å². The zero-order valence-electron chi connectivity index (χ0n) is 13.3. The number of nitrogens with zero attached hydrogens (tertiary/aromatic N) is 5. The van der Waals surface area contributed by atoms with Gasteiger partial charge in [0.2, 0.25) is 11.1 Å². The Balaban J connectivity index is 1.55. The lowest BCUT2D eigenvalue weighted by Gasteiger charge is -2.30. The van der Waals surface area contributed by atoms with Crippen molar-refractivity contribution in [3.05, 3.63) is 0 Å². The maximum absolute atomic E-state index is 12.4. The lowest BCUT2D eigenvalue weighted by atomic mass is 9.96. The summed E-state index contributed by atoms with van der Waals surface area (Å²) in [6, 6.07) is 0.413. The summed E-state index contributed by atoms with van der Waals surface area (Å²) in [6.45, 7) is 4.01. The van der Waals surface area contributed by atoms with Gasteiger partial charge in [-0.2, -0.15) is 0 Å². The molecule has 0 aromatic carbocycles. The third-order valence-electron chi connectivity index (χ3n) is 4.72. The van der Waals surface area contributed by atoms with E-state index in [9.17, 15) is 4.79 Å². The van der Waals surface area contributed by atoms with Gasteiger partial charge in [0.25, 0.3) is 0 Å². The lowest BCUT2D eigenvalue weighted by Crippen LogP contribution is -2.40. The van der Waals surface area contributed by atoms with E-state index in [4.69, 9.17) is 0 Å². The first-order valence-corrected chi connectivity index (χ1v) is 9.41. The Labute approximate surface area is 136 Å². The van der Waals surface area contributed by atoms with Crippen LogP contribution in [0.1, 0.15) is 57.9 Å². The predicted octanol–water partition coefficient (Wildman–Crippen LogP) is 2.53. The molecule has 7 heteroatoms. The van der Waals surface area contributed by atoms with Crippen LogP contribution in [0, 0.1) is 5.92 Å². The van der Waals surface area contributed by atoms with Crippen LogP contribution in [0.3, 0.4) is 0 Å². The average molecular weight is 323 g/mol. The number of rotatable bonds is 4. The number of amides is 1. The first-order chi connectivity index (χ1) is 10.7. The van der Waals surface area contributed by atoms with E-state index in [1.807, 2.05) is 9.58 Å². The zero-order valence-corrected chi connectivity index (χ0v) is 14.1. The maximum atomic E-state index is 12.4. The summed E-state index contributed by atoms with van der Waals surface area (Å²) in [7, 11) is 0. The molecule has 0 bridgehead atoms. The fourth-order valence-electron chi connectivity index (χ4n) is 3.47. The van der Waals surface area contributed by atoms with E-state index in [1.165, 1.54) is 37.4 Å². The fourth-order valence-corrected chi connectivity index (χ4v) is 4.32. The highest BCUT2D eigenvalue weighted by Gasteiger charge is 2.23. The Kier molecular flexibility index (Phi) is 5.33. The van der Waals surface area contributed by atoms with Crippen LogP contribution in [0.4, 0.5) is 0 Å². The second-order valence-electron chi connectivity index (χ2n) is 6.57. The van der Waals surface area contributed by atoms with E-state index < -0.39 is 0 Å². The van der Waals surface area contributed by atoms with E-state index >= 15 is 0 Å². The summed E-state index contributed by atoms with van der Waals surface area (Å²) in [4.78, 5) is 14.3. The average Bonchev–Trinajstić information content (AvgIpc) is 3.02. The summed E-state index contributed by atoms with van der Waals surface area (Å²) >= 11 is 1.49. The third kappa shape index (κ3) is 3.80. The predicted molar refractivity (Wildman–Crippen MR) is 85.6 cm³/mol. The van der Waals surface area contributed by atoms with Crippen LogP contribution in [-0.4, -0.2) is 49.9 Å². The van der Waals surface area contributed by atoms with Crippen LogP contribution in [0.2, 0.25) is 0 Å². The molecule has 3 rings (SSSR count). The van der Waals surface area contributed by atoms with Crippen molar-refractivity contribution in [1.82, 2.24) is 25.1 Å². The minimum absolute atomic E-state index is 0.217. The Morgan fingerprint density at radius 3 is 2.82 bits per heavy atom. The van der Waals surface area contributed by atoms with Gasteiger partial charge in [-0.05, 0) is 42.0 Å². The van der Waals surface area contributed by atoms with Crippen molar-refractivity contribution in [3.8, 4) is 0 Å². The number of carbonyl (C=O) groups is 1. The van der Waals surface area contributed by atoms with Crippen molar-refractivity contribution >= 4 is 17.7 Å². The molecule has 1 aliphatic heterocycles. The van der Waals surface area contributed by atoms with Crippen molar-refractivity contribution in [2.45, 2.75) is 63.1 Å². The molecule has 1 atom stereocenters. The quantitative estimate of drug-likeness (QED) is 0.797. The van der Waals surface area contributed by atoms with Gasteiger partial charge in [-0.25, -0.2) is 4.68 Å². The molecule has 1 unspecified atom stereocenters. The van der Waals surface area contributed by atoms with Crippen molar-refractivity contribution in [2.24, 2.45) is 5.92 Å². The van der Waals surface area contributed by atoms with Crippen molar-refractivity contribution < 1.29 is 4.79 Å². The van der Waals surface area contributed by atoms with Crippen LogP contribution in [0.15, 0.2) is 5.16 Å². The Bertz CT molecular complexity index is 500. The number of piperidine rings is 1. The molecule has 22 heavy (non-hydrogen) atoms. The minimum atomic E-state index is 0.217. The van der Waals surface area contributed by atoms with E-state index in [0.717, 1.165) is 37.5 Å². The normalized spacial score (nSPS) is 23.7. The van der Waals surface area contributed by atoms with E-state index in [2.05, 4.69) is 22.4 Å². The summed E-state index contributed by atoms with van der Waals surface area (Å²) < 4.78 is 1.94. The van der Waals surface area contributed by atoms with E-state index in [-0.39, 0.29) is 5.91 Å². The third-order valence-corrected chi connectivity index (χ3v) is 5.64. The van der Waals surface area contributed by atoms with Gasteiger partial charge < -0.3 is 4.90 Å². The number of hydrogen-bond acceptors (Lipinski definition) is 5. The van der Waals surface area contributed by atoms with Gasteiger partial charge >= 0.3 is 0 Å². The highest BCUT2D eigenvalue weighted by Crippen LogP contribution is 2.30. The van der Waals surface area contributed by atoms with Crippen LogP contribution in [0.25, 0.3) is 0 Å². The summed E-state index contributed by atoms with van der Waals surface area (Å²) in [5, 5.41) is 12.9. The SMILES string of the molecule is CC1CCCN(C(=O)CSc2nnnn2C2CCCCC2)C1. The first kappa shape index (κ1) is 15.8. The van der Waals surface area contributed by atoms with Crippen LogP contribution in [-0.2, 0) is 4.79 Å². The first-order valence-electron chi connectivity index (χ1n) is 8.42. The van der Waals surface area contributed by atoms with Gasteiger partial charge in [-0.15, -0.1) is 5.10 Å². The molecular formula is C15H25N5OS. The molecule has 2 fully saturated rings. The van der Waals surface area contributed by atoms with Crippen molar-refractivity contribution in [1.29, 1.82) is 0 Å². The molecule has 1 saturated heterocycles. The summed E-state index contributed by atoms with van der Waals surface area (Å²) in [6.07, 6.45) is 8.46. The molecule has 2 aliphatic rings. The van der Waals surface area contributed by atoms with Gasteiger partial charge in [0.05, 0.1) is 11.8 Å². The number of hydrogen-bond donors (Lipinski definition) is 0. The molecule has 122 valence electrons. The number of thioether (sulfide) groups is 1. The van der Waals surface area contributed by atoms with Gasteiger partial charge in [-0.3, -0.25) is 4.79 Å². The topological polar surface area (TPSA) is 63.9 Å². The number of likely N-dealkylation sites (tertiary alicyclic amines) is 1. The Hall–Kier alpha value is -1.11. The number of tetrazole rings is 1. The molecule has 2 heterocycles. The molecule has 0 spiro atoms. The van der Waals surface area contributed by atoms with E-state index in [0.29, 0.717) is 17.7 Å². The van der Waals surface area contributed by atoms with Gasteiger partial charge in [0, 0.05) is 13.1 Å². The van der Waals surface area contributed by atoms with E-state index in [1.54, 1.807) is 0 Å². The van der Waals surface area contributed by atoms with Gasteiger partial charge in [-0.1, -0.05) is 37.9 Å².